The number of fused-ring (bicyclic) bond motifs is 1. The van der Waals surface area contributed by atoms with Crippen LogP contribution < -0.4 is 10.5 Å². The maximum Gasteiger partial charge on any atom is 0.422 e. The summed E-state index contributed by atoms with van der Waals surface area (Å²) in [5, 5.41) is 4.00. The number of hydrogen-bond acceptors (Lipinski definition) is 5. The van der Waals surface area contributed by atoms with Crippen LogP contribution in [0.25, 0.3) is 16.8 Å². The van der Waals surface area contributed by atoms with Crippen LogP contribution in [-0.4, -0.2) is 32.4 Å². The lowest BCUT2D eigenvalue weighted by atomic mass is 10.1. The smallest absolute Gasteiger partial charge is 0.422 e. The summed E-state index contributed by atoms with van der Waals surface area (Å²) in [4.78, 5) is 8.05. The van der Waals surface area contributed by atoms with Crippen molar-refractivity contribution in [3.8, 4) is 16.9 Å². The van der Waals surface area contributed by atoms with E-state index >= 15 is 0 Å². The molecule has 3 aromatic heterocycles. The zero-order valence-corrected chi connectivity index (χ0v) is 11.1. The van der Waals surface area contributed by atoms with Gasteiger partial charge >= 0.3 is 6.18 Å². The molecule has 2 N–H and O–H groups in total. The van der Waals surface area contributed by atoms with Gasteiger partial charge in [0.15, 0.2) is 12.3 Å². The molecule has 0 bridgehead atoms. The third-order valence-corrected chi connectivity index (χ3v) is 2.82. The molecule has 9 heteroatoms. The zero-order chi connectivity index (χ0) is 15.7. The van der Waals surface area contributed by atoms with Gasteiger partial charge in [0.25, 0.3) is 0 Å². The topological polar surface area (TPSA) is 78.3 Å². The van der Waals surface area contributed by atoms with Gasteiger partial charge in [-0.05, 0) is 6.07 Å². The Morgan fingerprint density at radius 3 is 2.86 bits per heavy atom. The predicted octanol–water partition coefficient (Wildman–Crippen LogP) is 2.31. The molecule has 0 saturated heterocycles. The molecule has 0 atom stereocenters. The van der Waals surface area contributed by atoms with Crippen LogP contribution in [0.5, 0.6) is 5.75 Å². The van der Waals surface area contributed by atoms with Gasteiger partial charge in [0.05, 0.1) is 0 Å². The second-order valence-electron chi connectivity index (χ2n) is 4.49. The lowest BCUT2D eigenvalue weighted by Gasteiger charge is -2.12. The van der Waals surface area contributed by atoms with E-state index in [4.69, 9.17) is 10.5 Å². The molecule has 0 amide bonds. The van der Waals surface area contributed by atoms with E-state index in [1.807, 2.05) is 0 Å². The van der Waals surface area contributed by atoms with E-state index in [9.17, 15) is 13.2 Å². The first-order valence-electron chi connectivity index (χ1n) is 6.17. The molecule has 0 aliphatic rings. The molecule has 0 aliphatic carbocycles. The van der Waals surface area contributed by atoms with Gasteiger partial charge in [-0.25, -0.2) is 9.50 Å². The Bertz CT molecular complexity index is 815. The second-order valence-corrected chi connectivity index (χ2v) is 4.49. The van der Waals surface area contributed by atoms with Crippen molar-refractivity contribution >= 4 is 11.5 Å². The molecule has 114 valence electrons. The first-order chi connectivity index (χ1) is 10.4. The summed E-state index contributed by atoms with van der Waals surface area (Å²) in [6, 6.07) is 2.94. The van der Waals surface area contributed by atoms with E-state index in [1.54, 1.807) is 12.3 Å². The molecule has 3 aromatic rings. The number of nitrogens with zero attached hydrogens (tertiary/aromatic N) is 4. The molecule has 6 nitrogen and oxygen atoms in total. The summed E-state index contributed by atoms with van der Waals surface area (Å²) in [6.45, 7) is -1.38. The van der Waals surface area contributed by atoms with Gasteiger partial charge in [0.2, 0.25) is 0 Å². The van der Waals surface area contributed by atoms with Gasteiger partial charge in [-0.2, -0.15) is 13.2 Å². The van der Waals surface area contributed by atoms with Gasteiger partial charge < -0.3 is 10.5 Å². The van der Waals surface area contributed by atoms with Crippen LogP contribution in [0.15, 0.2) is 36.9 Å². The number of hydrogen-bond donors (Lipinski definition) is 1. The zero-order valence-electron chi connectivity index (χ0n) is 11.1. The molecule has 3 heterocycles. The average Bonchev–Trinajstić information content (AvgIpc) is 2.83. The van der Waals surface area contributed by atoms with Crippen LogP contribution in [-0.2, 0) is 0 Å². The molecule has 22 heavy (non-hydrogen) atoms. The highest BCUT2D eigenvalue weighted by molar-refractivity contribution is 5.69. The average molecular weight is 309 g/mol. The summed E-state index contributed by atoms with van der Waals surface area (Å²) in [7, 11) is 0. The van der Waals surface area contributed by atoms with Crippen molar-refractivity contribution in [1.29, 1.82) is 0 Å². The Balaban J connectivity index is 1.98. The number of nitrogen functional groups attached to an aromatic ring is 1. The van der Waals surface area contributed by atoms with Crippen LogP contribution in [0.1, 0.15) is 0 Å². The highest BCUT2D eigenvalue weighted by Crippen LogP contribution is 2.30. The maximum absolute atomic E-state index is 12.3. The number of pyridine rings is 1. The molecule has 0 unspecified atom stereocenters. The van der Waals surface area contributed by atoms with Crippen LogP contribution in [0.4, 0.5) is 19.0 Å². The molecule has 0 aromatic carbocycles. The monoisotopic (exact) mass is 309 g/mol. The molecule has 0 aliphatic heterocycles. The number of alkyl halides is 3. The minimum Gasteiger partial charge on any atom is -0.483 e. The lowest BCUT2D eigenvalue weighted by Crippen LogP contribution is -2.19. The number of rotatable bonds is 3. The Morgan fingerprint density at radius 1 is 1.27 bits per heavy atom. The van der Waals surface area contributed by atoms with Crippen molar-refractivity contribution in [2.75, 3.05) is 12.3 Å². The Hall–Kier alpha value is -2.84. The second kappa shape index (κ2) is 5.17. The van der Waals surface area contributed by atoms with Gasteiger partial charge in [0, 0.05) is 42.0 Å². The fraction of sp³-hybridized carbons (Fsp3) is 0.154. The highest BCUT2D eigenvalue weighted by atomic mass is 19.4. The highest BCUT2D eigenvalue weighted by Gasteiger charge is 2.29. The summed E-state index contributed by atoms with van der Waals surface area (Å²) in [6.07, 6.45) is 1.43. The fourth-order valence-corrected chi connectivity index (χ4v) is 1.92. The van der Waals surface area contributed by atoms with Crippen molar-refractivity contribution in [3.63, 3.8) is 0 Å². The normalized spacial score (nSPS) is 11.8. The Morgan fingerprint density at radius 2 is 2.09 bits per heavy atom. The van der Waals surface area contributed by atoms with Crippen molar-refractivity contribution in [1.82, 2.24) is 19.6 Å². The van der Waals surface area contributed by atoms with E-state index in [2.05, 4.69) is 15.1 Å². The van der Waals surface area contributed by atoms with Crippen molar-refractivity contribution in [2.45, 2.75) is 6.18 Å². The minimum absolute atomic E-state index is 0.0635. The van der Waals surface area contributed by atoms with E-state index < -0.39 is 12.8 Å². The molecular formula is C13H10F3N5O. The third-order valence-electron chi connectivity index (χ3n) is 2.82. The van der Waals surface area contributed by atoms with Crippen molar-refractivity contribution < 1.29 is 17.9 Å². The van der Waals surface area contributed by atoms with E-state index in [0.29, 0.717) is 22.6 Å². The molecule has 0 radical (unpaired) electrons. The minimum atomic E-state index is -4.42. The number of anilines is 1. The summed E-state index contributed by atoms with van der Waals surface area (Å²) < 4.78 is 43.2. The maximum atomic E-state index is 12.3. The number of ether oxygens (including phenoxy) is 1. The predicted molar refractivity (Wildman–Crippen MR) is 72.2 cm³/mol. The number of halogens is 3. The Labute approximate surface area is 122 Å². The quantitative estimate of drug-likeness (QED) is 0.803. The van der Waals surface area contributed by atoms with Crippen molar-refractivity contribution in [2.24, 2.45) is 0 Å². The Kier molecular flexibility index (Phi) is 3.32. The van der Waals surface area contributed by atoms with Gasteiger partial charge in [0.1, 0.15) is 11.6 Å². The lowest BCUT2D eigenvalue weighted by molar-refractivity contribution is -0.153. The fourth-order valence-electron chi connectivity index (χ4n) is 1.92. The molecule has 3 rings (SSSR count). The first-order valence-corrected chi connectivity index (χ1v) is 6.17. The SMILES string of the molecule is Nc1cc2ncc(-c3cnccc3OCC(F)(F)F)cn2n1. The van der Waals surface area contributed by atoms with E-state index in [0.717, 1.165) is 0 Å². The van der Waals surface area contributed by atoms with Crippen molar-refractivity contribution in [3.05, 3.63) is 36.9 Å². The standard InChI is InChI=1S/C13H10F3N5O/c14-13(15,16)7-22-10-1-2-18-5-9(10)8-4-19-12-3-11(17)20-21(12)6-8/h1-6H,7H2,(H2,17,20). The number of nitrogens with two attached hydrogens (primary N) is 1. The molecule has 0 saturated carbocycles. The van der Waals surface area contributed by atoms with Crippen LogP contribution in [0.3, 0.4) is 0 Å². The third kappa shape index (κ3) is 2.92. The molecule has 0 spiro atoms. The summed E-state index contributed by atoms with van der Waals surface area (Å²) >= 11 is 0. The van der Waals surface area contributed by atoms with E-state index in [1.165, 1.54) is 29.2 Å². The molecular weight excluding hydrogens is 299 g/mol. The van der Waals surface area contributed by atoms with E-state index in [-0.39, 0.29) is 5.75 Å². The van der Waals surface area contributed by atoms with Gasteiger partial charge in [-0.1, -0.05) is 0 Å². The van der Waals surface area contributed by atoms with Crippen LogP contribution in [0.2, 0.25) is 0 Å². The van der Waals surface area contributed by atoms with Gasteiger partial charge in [-0.15, -0.1) is 5.10 Å². The largest absolute Gasteiger partial charge is 0.483 e. The molecule has 0 fully saturated rings. The summed E-state index contributed by atoms with van der Waals surface area (Å²) in [5.41, 5.74) is 7.00. The number of aromatic nitrogens is 4. The summed E-state index contributed by atoms with van der Waals surface area (Å²) in [5.74, 6) is 0.359. The van der Waals surface area contributed by atoms with Crippen LogP contribution in [0, 0.1) is 0 Å². The first kappa shape index (κ1) is 14.1. The van der Waals surface area contributed by atoms with Crippen LogP contribution >= 0.6 is 0 Å². The van der Waals surface area contributed by atoms with Gasteiger partial charge in [-0.3, -0.25) is 4.98 Å².